The van der Waals surface area contributed by atoms with Crippen LogP contribution in [-0.2, 0) is 35.4 Å². The summed E-state index contributed by atoms with van der Waals surface area (Å²) in [5.41, 5.74) is 0. The van der Waals surface area contributed by atoms with E-state index in [2.05, 4.69) is 9.97 Å². The number of hydrogen-bond acceptors (Lipinski definition) is 7. The smallest absolute Gasteiger partial charge is 0.550 e. The molecular weight excluding hydrogens is 461 g/mol. The van der Waals surface area contributed by atoms with Crippen LogP contribution in [0.15, 0.2) is 12.4 Å². The number of carboxylic acid groups (broad SMARTS) is 2. The Hall–Kier alpha value is -1.24. The molecule has 0 spiro atoms. The number of H-pyrrole nitrogens is 1. The Bertz CT molecular complexity index is 441. The Morgan fingerprint density at radius 1 is 1.24 bits per heavy atom. The fourth-order valence-electron chi connectivity index (χ4n) is 2.62. The van der Waals surface area contributed by atoms with E-state index in [-0.39, 0.29) is 27.2 Å². The van der Waals surface area contributed by atoms with Gasteiger partial charge in [-0.1, -0.05) is 0 Å². The summed E-state index contributed by atoms with van der Waals surface area (Å²) in [7, 11) is 0. The van der Waals surface area contributed by atoms with Crippen LogP contribution in [0.25, 0.3) is 0 Å². The zero-order chi connectivity index (χ0) is 14.0. The van der Waals surface area contributed by atoms with Crippen molar-refractivity contribution in [2.24, 2.45) is 11.8 Å². The summed E-state index contributed by atoms with van der Waals surface area (Å²) in [6.45, 7) is 1.92. The van der Waals surface area contributed by atoms with E-state index < -0.39 is 36.0 Å². The minimum absolute atomic E-state index is 0. The summed E-state index contributed by atoms with van der Waals surface area (Å²) in [5.74, 6) is -3.77. The predicted octanol–water partition coefficient (Wildman–Crippen LogP) is -1.84. The molecule has 3 heterocycles. The van der Waals surface area contributed by atoms with Gasteiger partial charge in [0.25, 0.3) is 0 Å². The van der Waals surface area contributed by atoms with Gasteiger partial charge in [0, 0.05) is 36.2 Å². The van der Waals surface area contributed by atoms with Crippen molar-refractivity contribution in [2.45, 2.75) is 32.0 Å². The van der Waals surface area contributed by atoms with E-state index in [0.29, 0.717) is 12.8 Å². The molecule has 4 unspecified atom stereocenters. The maximum Gasteiger partial charge on any atom is 2.00 e. The van der Waals surface area contributed by atoms with Crippen molar-refractivity contribution in [3.8, 4) is 0 Å². The fourth-order valence-corrected chi connectivity index (χ4v) is 2.62. The van der Waals surface area contributed by atoms with Crippen molar-refractivity contribution in [3.63, 3.8) is 0 Å². The average molecular weight is 478 g/mol. The van der Waals surface area contributed by atoms with Gasteiger partial charge in [-0.05, 0) is 19.8 Å². The van der Waals surface area contributed by atoms with E-state index in [1.165, 1.54) is 0 Å². The molecular formula is C12H17N3O5Pt. The molecule has 2 aliphatic rings. The van der Waals surface area contributed by atoms with Crippen molar-refractivity contribution >= 4 is 11.9 Å². The molecule has 0 aliphatic carbocycles. The first-order valence-electron chi connectivity index (χ1n) is 6.04. The van der Waals surface area contributed by atoms with Gasteiger partial charge in [0.2, 0.25) is 0 Å². The first-order valence-corrected chi connectivity index (χ1v) is 6.04. The number of rotatable bonds is 2. The van der Waals surface area contributed by atoms with Gasteiger partial charge >= 0.3 is 21.1 Å². The number of aryl methyl sites for hydroxylation is 1. The van der Waals surface area contributed by atoms with Crippen molar-refractivity contribution in [3.05, 3.63) is 18.2 Å². The summed E-state index contributed by atoms with van der Waals surface area (Å²) < 4.78 is 5.18. The number of aromatic amines is 1. The van der Waals surface area contributed by atoms with Crippen molar-refractivity contribution < 1.29 is 45.6 Å². The summed E-state index contributed by atoms with van der Waals surface area (Å²) in [6.07, 6.45) is 3.76. The molecule has 0 saturated carbocycles. The second-order valence-corrected chi connectivity index (χ2v) is 4.65. The normalized spacial score (nSPS) is 28.6. The van der Waals surface area contributed by atoms with Crippen LogP contribution in [-0.4, -0.2) is 34.1 Å². The molecule has 0 radical (unpaired) electrons. The van der Waals surface area contributed by atoms with Crippen molar-refractivity contribution in [1.29, 1.82) is 0 Å². The van der Waals surface area contributed by atoms with Crippen LogP contribution in [0.3, 0.4) is 0 Å². The second-order valence-electron chi connectivity index (χ2n) is 4.65. The third kappa shape index (κ3) is 4.36. The number of nitrogens with one attached hydrogen (secondary N) is 1. The summed E-state index contributed by atoms with van der Waals surface area (Å²) in [4.78, 5) is 28.0. The molecule has 1 aromatic heterocycles. The molecule has 4 atom stereocenters. The Balaban J connectivity index is 0.000000430. The van der Waals surface area contributed by atoms with Crippen LogP contribution >= 0.6 is 0 Å². The molecule has 2 saturated heterocycles. The first-order chi connectivity index (χ1) is 9.00. The molecule has 8 nitrogen and oxygen atoms in total. The quantitative estimate of drug-likeness (QED) is 0.506. The molecule has 2 fully saturated rings. The maximum atomic E-state index is 10.6. The minimum atomic E-state index is -1.35. The third-order valence-electron chi connectivity index (χ3n) is 3.45. The van der Waals surface area contributed by atoms with Gasteiger partial charge < -0.3 is 35.7 Å². The Labute approximate surface area is 136 Å². The Morgan fingerprint density at radius 2 is 1.71 bits per heavy atom. The molecule has 4 N–H and O–H groups in total. The summed E-state index contributed by atoms with van der Waals surface area (Å²) in [5, 5.41) is 21.2. The molecule has 2 bridgehead atoms. The second kappa shape index (κ2) is 8.26. The van der Waals surface area contributed by atoms with Crippen LogP contribution in [0.2, 0.25) is 0 Å². The Morgan fingerprint density at radius 3 is 1.95 bits per heavy atom. The predicted molar refractivity (Wildman–Crippen MR) is 63.2 cm³/mol. The van der Waals surface area contributed by atoms with Gasteiger partial charge in [-0.25, -0.2) is 4.98 Å². The third-order valence-corrected chi connectivity index (χ3v) is 3.45. The van der Waals surface area contributed by atoms with Gasteiger partial charge in [-0.15, -0.1) is 0 Å². The van der Waals surface area contributed by atoms with E-state index in [4.69, 9.17) is 4.74 Å². The first kappa shape index (κ1) is 19.8. The molecule has 9 heteroatoms. The van der Waals surface area contributed by atoms with Gasteiger partial charge in [0.15, 0.2) is 0 Å². The number of hydrogen-bond donors (Lipinski definition) is 2. The van der Waals surface area contributed by atoms with Crippen LogP contribution < -0.4 is 16.4 Å². The van der Waals surface area contributed by atoms with Gasteiger partial charge in [0.1, 0.15) is 5.82 Å². The van der Waals surface area contributed by atoms with Crippen LogP contribution in [0.5, 0.6) is 0 Å². The molecule has 0 amide bonds. The van der Waals surface area contributed by atoms with Gasteiger partial charge in [0.05, 0.1) is 12.2 Å². The largest absolute Gasteiger partial charge is 2.00 e. The zero-order valence-electron chi connectivity index (χ0n) is 11.4. The number of imidazole rings is 1. The average Bonchev–Trinajstić information content (AvgIpc) is 3.03. The molecule has 21 heavy (non-hydrogen) atoms. The Kier molecular flexibility index (Phi) is 7.77. The fraction of sp³-hybridized carbons (Fsp3) is 0.583. The van der Waals surface area contributed by atoms with Gasteiger partial charge in [-0.3, -0.25) is 0 Å². The van der Waals surface area contributed by atoms with E-state index in [0.717, 1.165) is 5.82 Å². The number of carbonyl (C=O) groups excluding carboxylic acids is 2. The summed E-state index contributed by atoms with van der Waals surface area (Å²) in [6, 6.07) is 0. The number of ether oxygens (including phenoxy) is 1. The van der Waals surface area contributed by atoms with E-state index in [9.17, 15) is 19.8 Å². The topological polar surface area (TPSA) is 153 Å². The van der Waals surface area contributed by atoms with Crippen LogP contribution in [0, 0.1) is 18.8 Å². The van der Waals surface area contributed by atoms with Crippen molar-refractivity contribution in [2.75, 3.05) is 0 Å². The number of fused-ring (bicyclic) bond motifs is 2. The van der Waals surface area contributed by atoms with Crippen LogP contribution in [0.4, 0.5) is 0 Å². The van der Waals surface area contributed by atoms with E-state index >= 15 is 0 Å². The molecule has 120 valence electrons. The number of nitrogens with zero attached hydrogens (tertiary/aromatic N) is 1. The zero-order valence-corrected chi connectivity index (χ0v) is 13.7. The minimum Gasteiger partial charge on any atom is -0.550 e. The number of aliphatic carboxylic acids is 2. The van der Waals surface area contributed by atoms with E-state index in [1.807, 2.05) is 6.92 Å². The van der Waals surface area contributed by atoms with Crippen LogP contribution in [0.1, 0.15) is 18.7 Å². The molecule has 3 rings (SSSR count). The molecule has 1 aromatic rings. The molecule has 0 aromatic carbocycles. The SMILES string of the molecule is Cc1ncc[nH]1.N.O=C([O-])C1C2CCC(O2)C1C(=O)[O-].[Pt+2]. The van der Waals surface area contributed by atoms with Crippen molar-refractivity contribution in [1.82, 2.24) is 16.1 Å². The summed E-state index contributed by atoms with van der Waals surface area (Å²) >= 11 is 0. The number of carbonyl (C=O) groups is 2. The maximum absolute atomic E-state index is 10.6. The van der Waals surface area contributed by atoms with E-state index in [1.54, 1.807) is 12.4 Å². The molecule has 2 aliphatic heterocycles. The van der Waals surface area contributed by atoms with Gasteiger partial charge in [-0.2, -0.15) is 0 Å². The number of aromatic nitrogens is 2. The monoisotopic (exact) mass is 478 g/mol. The standard InChI is InChI=1S/C8H10O5.C4H6N2.H3N.Pt/c9-7(10)5-3-1-2-4(13-3)6(5)8(11)12;1-4-5-2-3-6-4;;/h3-6H,1-2H2,(H,9,10)(H,11,12);2-3H,1H3,(H,5,6);1H3;/q;;;+2/p-2. The number of carboxylic acids is 2.